The topological polar surface area (TPSA) is 366 Å². The molecule has 1 heterocycles. The Bertz CT molecular complexity index is 1400. The fourth-order valence-electron chi connectivity index (χ4n) is 5.06. The molecule has 0 unspecified atom stereocenters. The monoisotopic (exact) mass is 819 g/mol. The predicted molar refractivity (Wildman–Crippen MR) is 206 cm³/mol. The molecular weight excluding hydrogens is 763 g/mol. The number of hydrogen-bond acceptors (Lipinski definition) is 13. The van der Waals surface area contributed by atoms with Gasteiger partial charge in [-0.1, -0.05) is 55.7 Å². The Morgan fingerprint density at radius 3 is 1.84 bits per heavy atom. The van der Waals surface area contributed by atoms with Crippen LogP contribution in [-0.4, -0.2) is 130 Å². The van der Waals surface area contributed by atoms with Gasteiger partial charge in [0, 0.05) is 18.1 Å². The van der Waals surface area contributed by atoms with Gasteiger partial charge in [0.15, 0.2) is 5.96 Å². The lowest BCUT2D eigenvalue weighted by Crippen LogP contribution is -2.62. The largest absolute Gasteiger partial charge is 0.481 e. The fourth-order valence-corrected chi connectivity index (χ4v) is 7.36. The molecule has 9 atom stereocenters. The first-order valence-electron chi connectivity index (χ1n) is 17.7. The number of carboxylic acid groups (broad SMARTS) is 1. The number of nitrogens with zero attached hydrogens (tertiary/aromatic N) is 1. The van der Waals surface area contributed by atoms with E-state index < -0.39 is 108 Å². The molecule has 1 aliphatic rings. The molecule has 0 aliphatic carbocycles. The van der Waals surface area contributed by atoms with Crippen LogP contribution in [0.5, 0.6) is 0 Å². The molecular formula is C32H57N11O10S2. The van der Waals surface area contributed by atoms with Crippen LogP contribution < -0.4 is 54.8 Å². The predicted octanol–water partition coefficient (Wildman–Crippen LogP) is -3.90. The third-order valence-corrected chi connectivity index (χ3v) is 10.8. The summed E-state index contributed by atoms with van der Waals surface area (Å²) >= 11 is 0. The summed E-state index contributed by atoms with van der Waals surface area (Å²) in [5, 5.41) is 34.8. The van der Waals surface area contributed by atoms with Crippen LogP contribution in [0.1, 0.15) is 66.7 Å². The van der Waals surface area contributed by atoms with Crippen LogP contribution in [0.3, 0.4) is 0 Å². The first-order valence-corrected chi connectivity index (χ1v) is 20.2. The van der Waals surface area contributed by atoms with E-state index in [0.29, 0.717) is 6.42 Å². The van der Waals surface area contributed by atoms with Gasteiger partial charge in [-0.2, -0.15) is 0 Å². The molecule has 1 aliphatic heterocycles. The first-order chi connectivity index (χ1) is 25.7. The third kappa shape index (κ3) is 17.8. The molecule has 0 aromatic carbocycles. The van der Waals surface area contributed by atoms with E-state index in [1.54, 1.807) is 27.7 Å². The number of carboxylic acids is 1. The molecule has 55 heavy (non-hydrogen) atoms. The van der Waals surface area contributed by atoms with E-state index in [1.807, 2.05) is 0 Å². The average Bonchev–Trinajstić information content (AvgIpc) is 3.09. The molecule has 1 saturated heterocycles. The molecule has 312 valence electrons. The van der Waals surface area contributed by atoms with Gasteiger partial charge in [-0.05, 0) is 38.0 Å². The van der Waals surface area contributed by atoms with Gasteiger partial charge in [-0.15, -0.1) is 0 Å². The van der Waals surface area contributed by atoms with Crippen LogP contribution in [0, 0.1) is 11.8 Å². The summed E-state index contributed by atoms with van der Waals surface area (Å²) in [4.78, 5) is 109. The molecule has 7 amide bonds. The van der Waals surface area contributed by atoms with Crippen LogP contribution in [0.15, 0.2) is 4.99 Å². The SMILES string of the molecule is CC[C@H](C)[C@@H]1NC(=O)[C@@H](CCCN=C(N)N)NC(=O)[C@H](N)CSSC[C@H](C(N)=O)NC(=O)[C@@H](CC(C)C)NC(=O)[C@H]([C@@H](C)O)NC(=O)[C@@H](CC(=O)O)NC1=O. The smallest absolute Gasteiger partial charge is 0.305 e. The summed E-state index contributed by atoms with van der Waals surface area (Å²) in [5.74, 6) is -8.87. The number of amides is 7. The zero-order chi connectivity index (χ0) is 42.0. The molecule has 0 radical (unpaired) electrons. The van der Waals surface area contributed by atoms with E-state index in [4.69, 9.17) is 22.9 Å². The number of carbonyl (C=O) groups is 8. The van der Waals surface area contributed by atoms with Crippen molar-refractivity contribution in [3.05, 3.63) is 0 Å². The number of carbonyl (C=O) groups excluding carboxylic acids is 7. The lowest BCUT2D eigenvalue weighted by Gasteiger charge is -2.29. The van der Waals surface area contributed by atoms with Gasteiger partial charge in [0.1, 0.15) is 36.3 Å². The Kier molecular flexibility index (Phi) is 21.4. The molecule has 1 rings (SSSR count). The van der Waals surface area contributed by atoms with Crippen LogP contribution >= 0.6 is 21.6 Å². The van der Waals surface area contributed by atoms with Crippen LogP contribution in [-0.2, 0) is 38.4 Å². The second kappa shape index (κ2) is 24.2. The van der Waals surface area contributed by atoms with Crippen molar-refractivity contribution in [3.63, 3.8) is 0 Å². The summed E-state index contributed by atoms with van der Waals surface area (Å²) in [7, 11) is 2.17. The minimum absolute atomic E-state index is 0.00243. The summed E-state index contributed by atoms with van der Waals surface area (Å²) in [6.45, 7) is 8.15. The lowest BCUT2D eigenvalue weighted by atomic mass is 9.96. The van der Waals surface area contributed by atoms with E-state index in [-0.39, 0.29) is 49.2 Å². The number of rotatable bonds is 12. The van der Waals surface area contributed by atoms with Gasteiger partial charge in [-0.25, -0.2) is 0 Å². The molecule has 16 N–H and O–H groups in total. The molecule has 0 aromatic rings. The molecule has 0 spiro atoms. The zero-order valence-electron chi connectivity index (χ0n) is 31.7. The number of guanidine groups is 1. The van der Waals surface area contributed by atoms with Crippen molar-refractivity contribution in [1.82, 2.24) is 31.9 Å². The van der Waals surface area contributed by atoms with E-state index in [2.05, 4.69) is 36.9 Å². The molecule has 0 saturated carbocycles. The summed E-state index contributed by atoms with van der Waals surface area (Å²) < 4.78 is 0. The molecule has 1 fully saturated rings. The first kappa shape index (κ1) is 48.7. The Morgan fingerprint density at radius 1 is 0.764 bits per heavy atom. The zero-order valence-corrected chi connectivity index (χ0v) is 33.3. The van der Waals surface area contributed by atoms with Crippen LogP contribution in [0.4, 0.5) is 0 Å². The van der Waals surface area contributed by atoms with Crippen LogP contribution in [0.25, 0.3) is 0 Å². The number of nitrogens with one attached hydrogen (secondary N) is 6. The maximum absolute atomic E-state index is 13.7. The highest BCUT2D eigenvalue weighted by Gasteiger charge is 2.37. The maximum Gasteiger partial charge on any atom is 0.305 e. The van der Waals surface area contributed by atoms with Gasteiger partial charge in [0.2, 0.25) is 41.4 Å². The molecule has 21 nitrogen and oxygen atoms in total. The number of primary amides is 1. The number of aliphatic carboxylic acids is 1. The van der Waals surface area contributed by atoms with Crippen molar-refractivity contribution in [3.8, 4) is 0 Å². The van der Waals surface area contributed by atoms with Crippen molar-refractivity contribution in [2.24, 2.45) is 39.8 Å². The number of hydrogen-bond donors (Lipinski definition) is 12. The Morgan fingerprint density at radius 2 is 1.29 bits per heavy atom. The standard InChI is InChI=1S/C32H57N11O10S2/c1-6-15(4)23-30(52)40-20(11-22(45)46)29(51)43-24(16(5)44)31(53)39-19(10-14(2)3)28(50)41-21(25(34)47)13-55-54-12-17(33)26(48)38-18(27(49)42-23)8-7-9-37-32(35)36/h14-21,23-24,44H,6-13,33H2,1-5H3,(H2,34,47)(H,38,48)(H,39,53)(H,40,52)(H,41,50)(H,42,49)(H,43,51)(H,45,46)(H4,35,36,37)/t15-,16+,17+,18+,19+,20+,21+,23-,24-/m0/s1. The number of aliphatic hydroxyl groups is 1. The van der Waals surface area contributed by atoms with Gasteiger partial charge in [0.05, 0.1) is 18.6 Å². The quantitative estimate of drug-likeness (QED) is 0.0388. The van der Waals surface area contributed by atoms with Gasteiger partial charge >= 0.3 is 5.97 Å². The summed E-state index contributed by atoms with van der Waals surface area (Å²) in [5.41, 5.74) is 22.5. The lowest BCUT2D eigenvalue weighted by molar-refractivity contribution is -0.142. The highest BCUT2D eigenvalue weighted by molar-refractivity contribution is 8.76. The van der Waals surface area contributed by atoms with Crippen molar-refractivity contribution in [1.29, 1.82) is 0 Å². The van der Waals surface area contributed by atoms with Crippen LogP contribution in [0.2, 0.25) is 0 Å². The maximum atomic E-state index is 13.7. The highest BCUT2D eigenvalue weighted by Crippen LogP contribution is 2.23. The van der Waals surface area contributed by atoms with Gasteiger partial charge in [-0.3, -0.25) is 43.3 Å². The van der Waals surface area contributed by atoms with Gasteiger partial charge < -0.3 is 65.0 Å². The van der Waals surface area contributed by atoms with Crippen molar-refractivity contribution in [2.75, 3.05) is 18.1 Å². The fraction of sp³-hybridized carbons (Fsp3) is 0.719. The third-order valence-electron chi connectivity index (χ3n) is 8.35. The van der Waals surface area contributed by atoms with E-state index in [9.17, 15) is 48.6 Å². The van der Waals surface area contributed by atoms with E-state index in [1.165, 1.54) is 6.92 Å². The minimum Gasteiger partial charge on any atom is -0.481 e. The van der Waals surface area contributed by atoms with Crippen molar-refractivity contribution < 1.29 is 48.6 Å². The van der Waals surface area contributed by atoms with E-state index >= 15 is 0 Å². The molecule has 0 bridgehead atoms. The molecule has 23 heteroatoms. The van der Waals surface area contributed by atoms with E-state index in [0.717, 1.165) is 21.6 Å². The van der Waals surface area contributed by atoms with Crippen molar-refractivity contribution in [2.45, 2.75) is 115 Å². The average molecular weight is 820 g/mol. The summed E-state index contributed by atoms with van der Waals surface area (Å²) in [6, 6.07) is -9.79. The Labute approximate surface area is 327 Å². The number of aliphatic hydroxyl groups excluding tert-OH is 1. The van der Waals surface area contributed by atoms with Gasteiger partial charge in [0.25, 0.3) is 0 Å². The highest BCUT2D eigenvalue weighted by atomic mass is 33.1. The second-order valence-electron chi connectivity index (χ2n) is 13.6. The number of nitrogens with two attached hydrogens (primary N) is 4. The number of aliphatic imine (C=N–C) groups is 1. The molecule has 0 aromatic heterocycles. The second-order valence-corrected chi connectivity index (χ2v) is 16.1. The Balaban J connectivity index is 3.68. The summed E-state index contributed by atoms with van der Waals surface area (Å²) in [6.07, 6.45) is -1.92. The van der Waals surface area contributed by atoms with Crippen molar-refractivity contribution >= 4 is 74.9 Å². The normalized spacial score (nSPS) is 26.9. The minimum atomic E-state index is -1.81. The Hall–Kier alpha value is -4.35.